The maximum atomic E-state index is 13.6. The van der Waals surface area contributed by atoms with E-state index < -0.39 is 20.0 Å². The SMILES string of the molecule is O=S(=O)(Nc1cc(N2CCCNCC2)ccc1N(Cl)S(=O)(=O)c1ccc2ccccc2c1)c1ccccc1. The summed E-state index contributed by atoms with van der Waals surface area (Å²) < 4.78 is 56.8. The lowest BCUT2D eigenvalue weighted by Gasteiger charge is -2.26. The van der Waals surface area contributed by atoms with E-state index in [0.717, 1.165) is 49.1 Å². The molecule has 198 valence electrons. The van der Waals surface area contributed by atoms with Crippen molar-refractivity contribution in [1.82, 2.24) is 5.32 Å². The van der Waals surface area contributed by atoms with Gasteiger partial charge >= 0.3 is 0 Å². The Morgan fingerprint density at radius 2 is 1.50 bits per heavy atom. The number of fused-ring (bicyclic) bond motifs is 1. The normalized spacial score (nSPS) is 14.7. The van der Waals surface area contributed by atoms with Gasteiger partial charge in [0, 0.05) is 37.1 Å². The number of hydrogen-bond acceptors (Lipinski definition) is 6. The van der Waals surface area contributed by atoms with E-state index in [1.165, 1.54) is 24.3 Å². The first-order chi connectivity index (χ1) is 18.3. The van der Waals surface area contributed by atoms with Crippen LogP contribution in [-0.2, 0) is 20.0 Å². The Balaban J connectivity index is 1.57. The Morgan fingerprint density at radius 3 is 2.29 bits per heavy atom. The van der Waals surface area contributed by atoms with Crippen molar-refractivity contribution in [2.75, 3.05) is 39.6 Å². The maximum absolute atomic E-state index is 13.6. The second kappa shape index (κ2) is 10.8. The van der Waals surface area contributed by atoms with Crippen molar-refractivity contribution < 1.29 is 16.8 Å². The summed E-state index contributed by atoms with van der Waals surface area (Å²) >= 11 is 6.51. The quantitative estimate of drug-likeness (QED) is 0.310. The van der Waals surface area contributed by atoms with Crippen LogP contribution < -0.4 is 18.8 Å². The van der Waals surface area contributed by atoms with Crippen LogP contribution in [0.4, 0.5) is 17.1 Å². The Hall–Kier alpha value is -3.31. The van der Waals surface area contributed by atoms with Crippen LogP contribution in [0.5, 0.6) is 0 Å². The van der Waals surface area contributed by atoms with Gasteiger partial charge in [0.25, 0.3) is 20.0 Å². The molecule has 0 radical (unpaired) electrons. The number of benzene rings is 4. The fourth-order valence-electron chi connectivity index (χ4n) is 4.41. The number of nitrogens with zero attached hydrogens (tertiary/aromatic N) is 2. The largest absolute Gasteiger partial charge is 0.370 e. The molecule has 1 fully saturated rings. The maximum Gasteiger partial charge on any atom is 0.278 e. The highest BCUT2D eigenvalue weighted by molar-refractivity contribution is 7.94. The smallest absolute Gasteiger partial charge is 0.278 e. The molecule has 4 aromatic carbocycles. The first kappa shape index (κ1) is 26.3. The molecule has 0 saturated carbocycles. The van der Waals surface area contributed by atoms with E-state index >= 15 is 0 Å². The molecule has 0 bridgehead atoms. The third kappa shape index (κ3) is 5.44. The van der Waals surface area contributed by atoms with E-state index in [0.29, 0.717) is 3.82 Å². The summed E-state index contributed by atoms with van der Waals surface area (Å²) in [7, 11) is -8.25. The standard InChI is InChI=1S/C27H27ClN4O4S2/c28-32(38(35,36)25-13-11-21-7-4-5-8-22(21)19-25)27-14-12-23(31-17-6-15-29-16-18-31)20-26(27)30-37(33,34)24-9-2-1-3-10-24/h1-5,7-14,19-20,29-30H,6,15-18H2. The molecule has 0 amide bonds. The van der Waals surface area contributed by atoms with Crippen LogP contribution in [0.3, 0.4) is 0 Å². The fraction of sp³-hybridized carbons (Fsp3) is 0.185. The van der Waals surface area contributed by atoms with Crippen molar-refractivity contribution >= 4 is 59.7 Å². The Morgan fingerprint density at radius 1 is 0.763 bits per heavy atom. The van der Waals surface area contributed by atoms with Gasteiger partial charge in [0.15, 0.2) is 0 Å². The fourth-order valence-corrected chi connectivity index (χ4v) is 7.00. The first-order valence-corrected chi connectivity index (χ1v) is 15.4. The second-order valence-electron chi connectivity index (χ2n) is 8.94. The summed E-state index contributed by atoms with van der Waals surface area (Å²) in [4.78, 5) is 2.17. The minimum atomic E-state index is -4.23. The number of sulfonamides is 2. The minimum Gasteiger partial charge on any atom is -0.370 e. The third-order valence-corrected chi connectivity index (χ3v) is 9.98. The van der Waals surface area contributed by atoms with Gasteiger partial charge in [-0.05, 0) is 66.2 Å². The van der Waals surface area contributed by atoms with Crippen molar-refractivity contribution in [3.05, 3.63) is 91.0 Å². The first-order valence-electron chi connectivity index (χ1n) is 12.1. The van der Waals surface area contributed by atoms with Crippen LogP contribution in [0.25, 0.3) is 10.8 Å². The molecule has 2 N–H and O–H groups in total. The summed E-state index contributed by atoms with van der Waals surface area (Å²) in [5.41, 5.74) is 0.815. The molecule has 8 nitrogen and oxygen atoms in total. The molecule has 4 aromatic rings. The monoisotopic (exact) mass is 570 g/mol. The molecular weight excluding hydrogens is 544 g/mol. The molecule has 1 aliphatic heterocycles. The van der Waals surface area contributed by atoms with E-state index in [2.05, 4.69) is 14.9 Å². The lowest BCUT2D eigenvalue weighted by Crippen LogP contribution is -2.28. The van der Waals surface area contributed by atoms with Crippen LogP contribution in [0, 0.1) is 0 Å². The lowest BCUT2D eigenvalue weighted by molar-refractivity contribution is 0.597. The third-order valence-electron chi connectivity index (χ3n) is 6.40. The summed E-state index contributed by atoms with van der Waals surface area (Å²) in [6.45, 7) is 3.17. The van der Waals surface area contributed by atoms with Crippen LogP contribution >= 0.6 is 11.8 Å². The number of rotatable bonds is 7. The molecule has 0 aromatic heterocycles. The van der Waals surface area contributed by atoms with Crippen molar-refractivity contribution in [3.8, 4) is 0 Å². The van der Waals surface area contributed by atoms with Gasteiger partial charge in [-0.25, -0.2) is 8.42 Å². The summed E-state index contributed by atoms with van der Waals surface area (Å²) in [6.07, 6.45) is 0.921. The predicted octanol–water partition coefficient (Wildman–Crippen LogP) is 4.79. The number of hydrogen-bond donors (Lipinski definition) is 2. The average Bonchev–Trinajstić information content (AvgIpc) is 3.22. The summed E-state index contributed by atoms with van der Waals surface area (Å²) in [5.74, 6) is 0. The molecule has 5 rings (SSSR count). The molecule has 0 atom stereocenters. The predicted molar refractivity (Wildman–Crippen MR) is 153 cm³/mol. The minimum absolute atomic E-state index is 0.00368. The van der Waals surface area contributed by atoms with Crippen LogP contribution in [-0.4, -0.2) is 43.0 Å². The number of nitrogens with one attached hydrogen (secondary N) is 2. The molecular formula is C27H27ClN4O4S2. The highest BCUT2D eigenvalue weighted by atomic mass is 35.5. The van der Waals surface area contributed by atoms with E-state index in [-0.39, 0.29) is 21.2 Å². The van der Waals surface area contributed by atoms with Crippen LogP contribution in [0.15, 0.2) is 101 Å². The molecule has 38 heavy (non-hydrogen) atoms. The molecule has 1 heterocycles. The highest BCUT2D eigenvalue weighted by Gasteiger charge is 2.28. The van der Waals surface area contributed by atoms with E-state index in [1.54, 1.807) is 42.5 Å². The van der Waals surface area contributed by atoms with Crippen molar-refractivity contribution in [3.63, 3.8) is 0 Å². The molecule has 11 heteroatoms. The molecule has 1 aliphatic rings. The summed E-state index contributed by atoms with van der Waals surface area (Å²) in [6, 6.07) is 25.0. The Bertz CT molecular complexity index is 1660. The van der Waals surface area contributed by atoms with Crippen molar-refractivity contribution in [2.45, 2.75) is 16.2 Å². The van der Waals surface area contributed by atoms with Gasteiger partial charge in [-0.2, -0.15) is 12.2 Å². The van der Waals surface area contributed by atoms with Crippen LogP contribution in [0.2, 0.25) is 0 Å². The van der Waals surface area contributed by atoms with Gasteiger partial charge in [0.1, 0.15) is 0 Å². The zero-order valence-corrected chi connectivity index (χ0v) is 22.8. The number of anilines is 3. The number of halogens is 1. The van der Waals surface area contributed by atoms with Gasteiger partial charge < -0.3 is 10.2 Å². The topological polar surface area (TPSA) is 98.8 Å². The van der Waals surface area contributed by atoms with Gasteiger partial charge in [0.2, 0.25) is 0 Å². The zero-order valence-electron chi connectivity index (χ0n) is 20.4. The van der Waals surface area contributed by atoms with Gasteiger partial charge in [-0.1, -0.05) is 48.5 Å². The zero-order chi connectivity index (χ0) is 26.8. The van der Waals surface area contributed by atoms with E-state index in [9.17, 15) is 16.8 Å². The Labute approximate surface area is 228 Å². The van der Waals surface area contributed by atoms with Crippen molar-refractivity contribution in [2.24, 2.45) is 0 Å². The summed E-state index contributed by atoms with van der Waals surface area (Å²) in [5, 5.41) is 4.97. The van der Waals surface area contributed by atoms with Crippen molar-refractivity contribution in [1.29, 1.82) is 0 Å². The van der Waals surface area contributed by atoms with Gasteiger partial charge in [0.05, 0.1) is 21.2 Å². The molecule has 1 saturated heterocycles. The lowest BCUT2D eigenvalue weighted by atomic mass is 10.1. The van der Waals surface area contributed by atoms with Gasteiger partial charge in [-0.15, -0.1) is 0 Å². The second-order valence-corrected chi connectivity index (χ2v) is 12.9. The van der Waals surface area contributed by atoms with Gasteiger partial charge in [-0.3, -0.25) is 4.72 Å². The highest BCUT2D eigenvalue weighted by Crippen LogP contribution is 2.37. The molecule has 0 unspecified atom stereocenters. The van der Waals surface area contributed by atoms with E-state index in [4.69, 9.17) is 11.8 Å². The molecule has 0 spiro atoms. The molecule has 0 aliphatic carbocycles. The van der Waals surface area contributed by atoms with E-state index in [1.807, 2.05) is 24.3 Å². The average molecular weight is 571 g/mol. The Kier molecular flexibility index (Phi) is 7.49. The van der Waals surface area contributed by atoms with Crippen LogP contribution in [0.1, 0.15) is 6.42 Å².